The minimum absolute atomic E-state index is 0.201. The van der Waals surface area contributed by atoms with Crippen LogP contribution in [0.1, 0.15) is 194 Å². The van der Waals surface area contributed by atoms with Crippen LogP contribution in [0.2, 0.25) is 0 Å². The van der Waals surface area contributed by atoms with Crippen LogP contribution in [0.15, 0.2) is 146 Å². The first-order valence-electron chi connectivity index (χ1n) is 35.6. The molecule has 0 aromatic carbocycles. The van der Waals surface area contributed by atoms with Crippen LogP contribution in [-0.2, 0) is 33.2 Å². The molecule has 17 unspecified atom stereocenters. The Labute approximate surface area is 568 Å². The lowest BCUT2D eigenvalue weighted by Gasteiger charge is -2.48. The Bertz CT molecular complexity index is 2290. The predicted molar refractivity (Wildman–Crippen MR) is 373 cm³/mol. The molecule has 540 valence electrons. The van der Waals surface area contributed by atoms with Gasteiger partial charge in [0.05, 0.1) is 38.6 Å². The monoisotopic (exact) mass is 1340 g/mol. The van der Waals surface area contributed by atoms with Crippen molar-refractivity contribution >= 4 is 5.91 Å². The quantitative estimate of drug-likeness (QED) is 0.0199. The fourth-order valence-electron chi connectivity index (χ4n) is 10.9. The summed E-state index contributed by atoms with van der Waals surface area (Å²) in [6.45, 7) is 1.60. The molecule has 3 saturated heterocycles. The largest absolute Gasteiger partial charge is 0.394 e. The Kier molecular flexibility index (Phi) is 49.6. The van der Waals surface area contributed by atoms with Gasteiger partial charge >= 0.3 is 0 Å². The first-order chi connectivity index (χ1) is 46.3. The topological polar surface area (TPSA) is 307 Å². The van der Waals surface area contributed by atoms with Crippen molar-refractivity contribution < 1.29 is 89.4 Å². The molecule has 0 bridgehead atoms. The highest BCUT2D eigenvalue weighted by molar-refractivity contribution is 5.76. The normalized spacial score (nSPS) is 28.1. The molecule has 17 atom stereocenters. The lowest BCUT2D eigenvalue weighted by Crippen LogP contribution is -2.66. The number of unbranched alkanes of at least 4 members (excludes halogenated alkanes) is 12. The van der Waals surface area contributed by atoms with E-state index >= 15 is 0 Å². The van der Waals surface area contributed by atoms with Crippen LogP contribution >= 0.6 is 0 Å². The van der Waals surface area contributed by atoms with Crippen molar-refractivity contribution in [3.05, 3.63) is 146 Å². The fraction of sp³-hybridized carbons (Fsp3) is 0.671. The van der Waals surface area contributed by atoms with Gasteiger partial charge in [0.15, 0.2) is 18.9 Å². The van der Waals surface area contributed by atoms with Gasteiger partial charge in [0, 0.05) is 6.42 Å². The predicted octanol–water partition coefficient (Wildman–Crippen LogP) is 9.93. The van der Waals surface area contributed by atoms with Crippen LogP contribution < -0.4 is 5.32 Å². The van der Waals surface area contributed by atoms with Gasteiger partial charge in [-0.3, -0.25) is 4.79 Å². The maximum atomic E-state index is 13.4. The molecule has 95 heavy (non-hydrogen) atoms. The molecular weight excluding hydrogens is 1210 g/mol. The third-order valence-electron chi connectivity index (χ3n) is 16.7. The molecule has 3 heterocycles. The summed E-state index contributed by atoms with van der Waals surface area (Å²) in [5, 5.41) is 120. The molecule has 3 fully saturated rings. The molecule has 0 aromatic heterocycles. The Morgan fingerprint density at radius 3 is 1.12 bits per heavy atom. The number of amides is 1. The zero-order valence-electron chi connectivity index (χ0n) is 57.1. The van der Waals surface area contributed by atoms with Crippen molar-refractivity contribution in [2.24, 2.45) is 0 Å². The van der Waals surface area contributed by atoms with Gasteiger partial charge in [-0.05, 0) is 103 Å². The van der Waals surface area contributed by atoms with Crippen LogP contribution in [0.3, 0.4) is 0 Å². The minimum Gasteiger partial charge on any atom is -0.394 e. The van der Waals surface area contributed by atoms with Crippen molar-refractivity contribution in [3.8, 4) is 0 Å². The molecule has 12 N–H and O–H groups in total. The SMILES string of the molecule is CC/C=C\C/C=C\C/C=C\C/C=C\C/C=C\C/C=C\C/C=C\C/C=C\C/C=C\C/C=C\C/C=C\C/C=C\CCCCC(=O)NC(COC1OC(CO)C(OC2OC(CO)C(OC3OC(CO)C(O)C(O)C3O)C(O)C2O)C(O)C1O)C(O)CCCCCCCCCCCCC. The fourth-order valence-corrected chi connectivity index (χ4v) is 10.9. The van der Waals surface area contributed by atoms with Gasteiger partial charge in [-0.2, -0.15) is 0 Å². The zero-order valence-corrected chi connectivity index (χ0v) is 57.1. The van der Waals surface area contributed by atoms with Crippen LogP contribution in [0.4, 0.5) is 0 Å². The number of nitrogens with one attached hydrogen (secondary N) is 1. The molecule has 0 aromatic rings. The van der Waals surface area contributed by atoms with Crippen LogP contribution in [0, 0.1) is 0 Å². The van der Waals surface area contributed by atoms with E-state index in [2.05, 4.69) is 165 Å². The third kappa shape index (κ3) is 36.9. The summed E-state index contributed by atoms with van der Waals surface area (Å²) < 4.78 is 34.3. The number of aliphatic hydroxyl groups excluding tert-OH is 11. The Hall–Kier alpha value is -4.33. The smallest absolute Gasteiger partial charge is 0.220 e. The van der Waals surface area contributed by atoms with Gasteiger partial charge in [-0.15, -0.1) is 0 Å². The van der Waals surface area contributed by atoms with Crippen LogP contribution in [0.25, 0.3) is 0 Å². The first-order valence-corrected chi connectivity index (χ1v) is 35.6. The molecule has 3 aliphatic rings. The Morgan fingerprint density at radius 2 is 0.726 bits per heavy atom. The molecule has 0 spiro atoms. The number of rotatable bonds is 52. The summed E-state index contributed by atoms with van der Waals surface area (Å²) in [6, 6.07) is -0.920. The summed E-state index contributed by atoms with van der Waals surface area (Å²) in [5.74, 6) is -0.293. The molecule has 19 nitrogen and oxygen atoms in total. The average molecular weight is 1340 g/mol. The second-order valence-corrected chi connectivity index (χ2v) is 24.6. The number of carbonyl (C=O) groups excluding carboxylic acids is 1. The number of ether oxygens (including phenoxy) is 6. The van der Waals surface area contributed by atoms with E-state index in [1.165, 1.54) is 38.5 Å². The highest BCUT2D eigenvalue weighted by Gasteiger charge is 2.53. The second-order valence-electron chi connectivity index (χ2n) is 24.6. The van der Waals surface area contributed by atoms with E-state index < -0.39 is 124 Å². The summed E-state index contributed by atoms with van der Waals surface area (Å²) in [4.78, 5) is 13.4. The van der Waals surface area contributed by atoms with E-state index in [-0.39, 0.29) is 18.9 Å². The van der Waals surface area contributed by atoms with Crippen molar-refractivity contribution in [1.82, 2.24) is 5.32 Å². The van der Waals surface area contributed by atoms with Crippen molar-refractivity contribution in [1.29, 1.82) is 0 Å². The zero-order chi connectivity index (χ0) is 68.9. The lowest BCUT2D eigenvalue weighted by molar-refractivity contribution is -0.379. The Balaban J connectivity index is 1.36. The van der Waals surface area contributed by atoms with Gasteiger partial charge in [-0.1, -0.05) is 230 Å². The van der Waals surface area contributed by atoms with Crippen LogP contribution in [-0.4, -0.2) is 193 Å². The Morgan fingerprint density at radius 1 is 0.389 bits per heavy atom. The standard InChI is InChI=1S/C76H123NO18/c1-3-5-7-9-11-13-15-16-17-18-19-20-21-22-23-24-25-26-27-28-29-30-31-32-33-34-35-36-37-38-39-40-41-42-44-46-48-50-52-54-64(82)77-59(60(81)53-51-49-47-45-43-14-12-10-8-6-4-2)58-90-74-70(88)67(85)72(62(56-79)92-74)95-76-71(89)68(86)73(63(57-80)93-76)94-75-69(87)66(84)65(83)61(55-78)91-75/h5,7,11,13,16-17,19-20,22-23,25-26,28-29,31-32,34-35,37-38,40-41,44,46,59-63,65-76,78-81,83-89H,3-4,6,8-10,12,14-15,18,21,24,27,30,33,36,39,42-43,45,47-58H2,1-2H3,(H,77,82)/b7-5-,13-11-,17-16-,20-19-,23-22-,26-25-,29-28-,32-31-,35-34-,38-37-,41-40-,46-44-. The van der Waals surface area contributed by atoms with Gasteiger partial charge in [0.25, 0.3) is 0 Å². The number of aliphatic hydroxyl groups is 11. The molecule has 0 radical (unpaired) electrons. The molecule has 3 rings (SSSR count). The molecule has 1 amide bonds. The average Bonchev–Trinajstić information content (AvgIpc) is 0.787. The molecular formula is C76H123NO18. The number of carbonyl (C=O) groups is 1. The van der Waals surface area contributed by atoms with E-state index in [1.807, 2.05) is 0 Å². The summed E-state index contributed by atoms with van der Waals surface area (Å²) in [7, 11) is 0. The molecule has 3 aliphatic heterocycles. The summed E-state index contributed by atoms with van der Waals surface area (Å²) in [5.41, 5.74) is 0. The first kappa shape index (κ1) is 84.9. The molecule has 19 heteroatoms. The highest BCUT2D eigenvalue weighted by Crippen LogP contribution is 2.33. The number of hydrogen-bond acceptors (Lipinski definition) is 18. The van der Waals surface area contributed by atoms with E-state index in [9.17, 15) is 61.0 Å². The number of allylic oxidation sites excluding steroid dienone is 24. The summed E-state index contributed by atoms with van der Waals surface area (Å²) >= 11 is 0. The maximum absolute atomic E-state index is 13.4. The van der Waals surface area contributed by atoms with Crippen molar-refractivity contribution in [2.75, 3.05) is 26.4 Å². The third-order valence-corrected chi connectivity index (χ3v) is 16.7. The van der Waals surface area contributed by atoms with Gasteiger partial charge in [0.1, 0.15) is 73.2 Å². The van der Waals surface area contributed by atoms with Crippen molar-refractivity contribution in [2.45, 2.75) is 298 Å². The highest BCUT2D eigenvalue weighted by atomic mass is 16.8. The minimum atomic E-state index is -1.98. The maximum Gasteiger partial charge on any atom is 0.220 e. The van der Waals surface area contributed by atoms with Gasteiger partial charge in [0.2, 0.25) is 5.91 Å². The summed E-state index contributed by atoms with van der Waals surface area (Å²) in [6.07, 6.45) is 52.4. The molecule has 0 saturated carbocycles. The van der Waals surface area contributed by atoms with E-state index in [4.69, 9.17) is 28.4 Å². The van der Waals surface area contributed by atoms with Crippen LogP contribution in [0.5, 0.6) is 0 Å². The van der Waals surface area contributed by atoms with E-state index in [1.54, 1.807) is 0 Å². The second kappa shape index (κ2) is 55.5. The van der Waals surface area contributed by atoms with Crippen molar-refractivity contribution in [3.63, 3.8) is 0 Å². The van der Waals surface area contributed by atoms with E-state index in [0.29, 0.717) is 19.3 Å². The van der Waals surface area contributed by atoms with Gasteiger partial charge in [-0.25, -0.2) is 0 Å². The lowest BCUT2D eigenvalue weighted by atomic mass is 9.96. The molecule has 0 aliphatic carbocycles. The number of hydrogen-bond donors (Lipinski definition) is 12. The van der Waals surface area contributed by atoms with Gasteiger partial charge < -0.3 is 89.9 Å². The van der Waals surface area contributed by atoms with E-state index in [0.717, 1.165) is 116 Å².